The number of nitrogens with one attached hydrogen (secondary N) is 1. The zero-order valence-electron chi connectivity index (χ0n) is 10.6. The fourth-order valence-corrected chi connectivity index (χ4v) is 1.11. The molecule has 1 N–H and O–H groups in total. The van der Waals surface area contributed by atoms with Crippen LogP contribution in [0.4, 0.5) is 0 Å². The minimum absolute atomic E-state index is 0.170. The van der Waals surface area contributed by atoms with Gasteiger partial charge in [0.05, 0.1) is 0 Å². The van der Waals surface area contributed by atoms with Crippen LogP contribution in [0.3, 0.4) is 0 Å². The van der Waals surface area contributed by atoms with E-state index in [-0.39, 0.29) is 11.3 Å². The maximum absolute atomic E-state index is 11.7. The van der Waals surface area contributed by atoms with Crippen LogP contribution in [0.2, 0.25) is 0 Å². The molecule has 1 rings (SSSR count). The van der Waals surface area contributed by atoms with Gasteiger partial charge in [-0.1, -0.05) is 34.6 Å². The fourth-order valence-electron chi connectivity index (χ4n) is 1.11. The average molecular weight is 224 g/mol. The van der Waals surface area contributed by atoms with Crippen LogP contribution in [0.5, 0.6) is 0 Å². The van der Waals surface area contributed by atoms with E-state index >= 15 is 0 Å². The number of oxazole rings is 1. The lowest BCUT2D eigenvalue weighted by molar-refractivity contribution is 0.0944. The molecular formula is C12H20N2O2. The zero-order valence-corrected chi connectivity index (χ0v) is 10.6. The molecule has 0 saturated carbocycles. The van der Waals surface area contributed by atoms with Crippen molar-refractivity contribution in [3.63, 3.8) is 0 Å². The summed E-state index contributed by atoms with van der Waals surface area (Å²) in [5.74, 6) is 0.841. The quantitative estimate of drug-likeness (QED) is 0.857. The van der Waals surface area contributed by atoms with Gasteiger partial charge in [-0.15, -0.1) is 0 Å². The van der Waals surface area contributed by atoms with E-state index in [1.807, 2.05) is 34.6 Å². The van der Waals surface area contributed by atoms with Crippen molar-refractivity contribution in [1.29, 1.82) is 0 Å². The summed E-state index contributed by atoms with van der Waals surface area (Å²) < 4.78 is 5.29. The Hall–Kier alpha value is -1.32. The summed E-state index contributed by atoms with van der Waals surface area (Å²) in [5, 5.41) is 2.80. The summed E-state index contributed by atoms with van der Waals surface area (Å²) in [4.78, 5) is 15.8. The normalized spacial score (nSPS) is 11.9. The maximum Gasteiger partial charge on any atom is 0.273 e. The summed E-state index contributed by atoms with van der Waals surface area (Å²) in [5.41, 5.74) is 0.182. The number of rotatable bonds is 3. The van der Waals surface area contributed by atoms with Crippen LogP contribution < -0.4 is 5.32 Å². The van der Waals surface area contributed by atoms with Gasteiger partial charge >= 0.3 is 0 Å². The van der Waals surface area contributed by atoms with Crippen LogP contribution >= 0.6 is 0 Å². The Balaban J connectivity index is 2.67. The maximum atomic E-state index is 11.7. The Morgan fingerprint density at radius 2 is 2.12 bits per heavy atom. The molecule has 1 aromatic heterocycles. The van der Waals surface area contributed by atoms with Crippen molar-refractivity contribution < 1.29 is 9.21 Å². The first kappa shape index (κ1) is 12.7. The number of nitrogens with zero attached hydrogens (tertiary/aromatic N) is 1. The van der Waals surface area contributed by atoms with E-state index < -0.39 is 0 Å². The summed E-state index contributed by atoms with van der Waals surface area (Å²) in [7, 11) is 0. The smallest absolute Gasteiger partial charge is 0.273 e. The molecule has 0 unspecified atom stereocenters. The van der Waals surface area contributed by atoms with E-state index in [0.717, 1.165) is 0 Å². The topological polar surface area (TPSA) is 55.1 Å². The van der Waals surface area contributed by atoms with Gasteiger partial charge in [0.15, 0.2) is 11.6 Å². The third-order valence-corrected chi connectivity index (χ3v) is 2.05. The molecule has 0 aliphatic carbocycles. The van der Waals surface area contributed by atoms with Crippen LogP contribution in [0.25, 0.3) is 0 Å². The van der Waals surface area contributed by atoms with E-state index in [1.165, 1.54) is 6.26 Å². The largest absolute Gasteiger partial charge is 0.448 e. The number of carbonyl (C=O) groups is 1. The Labute approximate surface area is 96.4 Å². The molecule has 0 fully saturated rings. The lowest BCUT2D eigenvalue weighted by atomic mass is 9.97. The van der Waals surface area contributed by atoms with Gasteiger partial charge in [0.2, 0.25) is 0 Å². The first-order valence-corrected chi connectivity index (χ1v) is 5.55. The third kappa shape index (κ3) is 3.36. The predicted octanol–water partition coefficient (Wildman–Crippen LogP) is 2.36. The van der Waals surface area contributed by atoms with E-state index in [2.05, 4.69) is 10.3 Å². The second-order valence-corrected chi connectivity index (χ2v) is 5.39. The lowest BCUT2D eigenvalue weighted by Crippen LogP contribution is -2.27. The van der Waals surface area contributed by atoms with E-state index in [0.29, 0.717) is 24.0 Å². The minimum Gasteiger partial charge on any atom is -0.448 e. The predicted molar refractivity (Wildman–Crippen MR) is 62.4 cm³/mol. The highest BCUT2D eigenvalue weighted by molar-refractivity contribution is 5.91. The Kier molecular flexibility index (Phi) is 3.73. The molecule has 0 aliphatic heterocycles. The van der Waals surface area contributed by atoms with Gasteiger partial charge in [-0.05, 0) is 5.92 Å². The van der Waals surface area contributed by atoms with Crippen LogP contribution in [0.1, 0.15) is 51.0 Å². The molecule has 90 valence electrons. The molecule has 1 heterocycles. The number of aromatic nitrogens is 1. The van der Waals surface area contributed by atoms with Crippen molar-refractivity contribution in [2.24, 2.45) is 5.92 Å². The van der Waals surface area contributed by atoms with Gasteiger partial charge in [0.25, 0.3) is 5.91 Å². The molecule has 4 nitrogen and oxygen atoms in total. The second kappa shape index (κ2) is 4.68. The summed E-state index contributed by atoms with van der Waals surface area (Å²) >= 11 is 0. The van der Waals surface area contributed by atoms with Crippen LogP contribution in [0.15, 0.2) is 10.7 Å². The van der Waals surface area contributed by atoms with Gasteiger partial charge in [0, 0.05) is 12.0 Å². The first-order valence-electron chi connectivity index (χ1n) is 5.55. The van der Waals surface area contributed by atoms with E-state index in [9.17, 15) is 4.79 Å². The number of hydrogen-bond donors (Lipinski definition) is 1. The molecule has 0 aliphatic rings. The lowest BCUT2D eigenvalue weighted by Gasteiger charge is -2.11. The first-order chi connectivity index (χ1) is 7.30. The molecule has 0 radical (unpaired) electrons. The number of hydrogen-bond acceptors (Lipinski definition) is 3. The average Bonchev–Trinajstić information content (AvgIpc) is 2.61. The van der Waals surface area contributed by atoms with Gasteiger partial charge in [-0.2, -0.15) is 0 Å². The number of amides is 1. The van der Waals surface area contributed by atoms with Crippen molar-refractivity contribution >= 4 is 5.91 Å². The number of carbonyl (C=O) groups excluding carboxylic acids is 1. The van der Waals surface area contributed by atoms with Crippen molar-refractivity contribution in [1.82, 2.24) is 10.3 Å². The monoisotopic (exact) mass is 224 g/mol. The van der Waals surface area contributed by atoms with E-state index in [1.54, 1.807) is 0 Å². The summed E-state index contributed by atoms with van der Waals surface area (Å²) in [6.45, 7) is 10.7. The molecule has 4 heteroatoms. The molecule has 1 amide bonds. The molecule has 0 bridgehead atoms. The Morgan fingerprint density at radius 1 is 1.50 bits per heavy atom. The molecule has 0 aromatic carbocycles. The van der Waals surface area contributed by atoms with Crippen molar-refractivity contribution in [3.8, 4) is 0 Å². The molecule has 0 atom stereocenters. The molecular weight excluding hydrogens is 204 g/mol. The van der Waals surface area contributed by atoms with Crippen LogP contribution in [-0.2, 0) is 5.41 Å². The van der Waals surface area contributed by atoms with Crippen molar-refractivity contribution in [2.75, 3.05) is 6.54 Å². The molecule has 1 aromatic rings. The fraction of sp³-hybridized carbons (Fsp3) is 0.667. The van der Waals surface area contributed by atoms with Crippen molar-refractivity contribution in [2.45, 2.75) is 40.0 Å². The minimum atomic E-state index is -0.173. The van der Waals surface area contributed by atoms with Gasteiger partial charge in [0.1, 0.15) is 6.26 Å². The zero-order chi connectivity index (χ0) is 12.3. The third-order valence-electron chi connectivity index (χ3n) is 2.05. The summed E-state index contributed by atoms with van der Waals surface area (Å²) in [6, 6.07) is 0. The van der Waals surface area contributed by atoms with Crippen LogP contribution in [-0.4, -0.2) is 17.4 Å². The highest BCUT2D eigenvalue weighted by Gasteiger charge is 2.22. The van der Waals surface area contributed by atoms with E-state index in [4.69, 9.17) is 4.42 Å². The highest BCUT2D eigenvalue weighted by atomic mass is 16.3. The van der Waals surface area contributed by atoms with Gasteiger partial charge in [-0.25, -0.2) is 4.98 Å². The van der Waals surface area contributed by atoms with Crippen LogP contribution in [0, 0.1) is 5.92 Å². The Morgan fingerprint density at radius 3 is 2.56 bits per heavy atom. The Bertz CT molecular complexity index is 361. The SMILES string of the molecule is CC(C)CNC(=O)c1coc(C(C)(C)C)n1. The van der Waals surface area contributed by atoms with Crippen molar-refractivity contribution in [3.05, 3.63) is 17.8 Å². The highest BCUT2D eigenvalue weighted by Crippen LogP contribution is 2.20. The molecule has 0 saturated heterocycles. The molecule has 0 spiro atoms. The van der Waals surface area contributed by atoms with Gasteiger partial charge in [-0.3, -0.25) is 4.79 Å². The summed E-state index contributed by atoms with van der Waals surface area (Å²) in [6.07, 6.45) is 1.41. The standard InChI is InChI=1S/C12H20N2O2/c1-8(2)6-13-10(15)9-7-16-11(14-9)12(3,4)5/h7-8H,6H2,1-5H3,(H,13,15). The van der Waals surface area contributed by atoms with Gasteiger partial charge < -0.3 is 9.73 Å². The second-order valence-electron chi connectivity index (χ2n) is 5.39. The molecule has 16 heavy (non-hydrogen) atoms.